The van der Waals surface area contributed by atoms with E-state index in [9.17, 15) is 0 Å². The largest absolute Gasteiger partial charge is 0.396 e. The van der Waals surface area contributed by atoms with Crippen LogP contribution in [-0.2, 0) is 13.0 Å². The van der Waals surface area contributed by atoms with Crippen LogP contribution in [0.4, 0.5) is 0 Å². The molecule has 0 aliphatic heterocycles. The molecular weight excluding hydrogens is 188 g/mol. The van der Waals surface area contributed by atoms with Gasteiger partial charge in [0.25, 0.3) is 0 Å². The maximum absolute atomic E-state index is 8.81. The highest BCUT2D eigenvalue weighted by molar-refractivity contribution is 5.83. The number of hydrogen-bond donors (Lipinski definition) is 3. The molecule has 3 nitrogen and oxygen atoms in total. The Morgan fingerprint density at radius 3 is 2.93 bits per heavy atom. The molecule has 0 spiro atoms. The number of benzene rings is 1. The number of rotatable bonds is 4. The standard InChI is InChI=1S/C12H16N2O/c13-7-9-3-4-12-11(6-9)10(8-14-12)2-1-5-15/h3-4,6,8,14-15H,1-2,5,7,13H2. The summed E-state index contributed by atoms with van der Waals surface area (Å²) < 4.78 is 0. The van der Waals surface area contributed by atoms with E-state index >= 15 is 0 Å². The smallest absolute Gasteiger partial charge is 0.0457 e. The van der Waals surface area contributed by atoms with Crippen molar-refractivity contribution >= 4 is 10.9 Å². The number of nitrogens with two attached hydrogens (primary N) is 1. The number of aliphatic hydroxyl groups is 1. The molecule has 2 aromatic rings. The summed E-state index contributed by atoms with van der Waals surface area (Å²) >= 11 is 0. The van der Waals surface area contributed by atoms with Gasteiger partial charge in [0.1, 0.15) is 0 Å². The zero-order valence-corrected chi connectivity index (χ0v) is 8.66. The van der Waals surface area contributed by atoms with E-state index in [0.29, 0.717) is 6.54 Å². The number of nitrogens with one attached hydrogen (secondary N) is 1. The van der Waals surface area contributed by atoms with Gasteiger partial charge in [-0.05, 0) is 36.1 Å². The maximum atomic E-state index is 8.81. The maximum Gasteiger partial charge on any atom is 0.0457 e. The normalized spacial score (nSPS) is 11.1. The molecule has 2 rings (SSSR count). The molecule has 0 saturated heterocycles. The highest BCUT2D eigenvalue weighted by atomic mass is 16.2. The number of aliphatic hydroxyl groups excluding tert-OH is 1. The van der Waals surface area contributed by atoms with E-state index in [1.54, 1.807) is 0 Å². The van der Waals surface area contributed by atoms with E-state index in [-0.39, 0.29) is 6.61 Å². The first-order valence-corrected chi connectivity index (χ1v) is 5.25. The van der Waals surface area contributed by atoms with Gasteiger partial charge in [0.15, 0.2) is 0 Å². The van der Waals surface area contributed by atoms with Crippen LogP contribution in [0.25, 0.3) is 10.9 Å². The molecule has 4 N–H and O–H groups in total. The van der Waals surface area contributed by atoms with Gasteiger partial charge in [0.2, 0.25) is 0 Å². The molecule has 1 heterocycles. The third kappa shape index (κ3) is 2.03. The molecule has 1 aromatic carbocycles. The van der Waals surface area contributed by atoms with Gasteiger partial charge in [0.05, 0.1) is 0 Å². The van der Waals surface area contributed by atoms with E-state index in [1.807, 2.05) is 12.3 Å². The summed E-state index contributed by atoms with van der Waals surface area (Å²) in [6.07, 6.45) is 3.73. The molecule has 0 aliphatic rings. The van der Waals surface area contributed by atoms with Crippen LogP contribution in [0, 0.1) is 0 Å². The lowest BCUT2D eigenvalue weighted by Gasteiger charge is -2.00. The van der Waals surface area contributed by atoms with Gasteiger partial charge >= 0.3 is 0 Å². The molecule has 0 radical (unpaired) electrons. The van der Waals surface area contributed by atoms with Crippen LogP contribution in [0.2, 0.25) is 0 Å². The summed E-state index contributed by atoms with van der Waals surface area (Å²) in [5, 5.41) is 10.0. The van der Waals surface area contributed by atoms with Crippen molar-refractivity contribution in [2.45, 2.75) is 19.4 Å². The van der Waals surface area contributed by atoms with E-state index in [0.717, 1.165) is 23.9 Å². The molecule has 0 amide bonds. The lowest BCUT2D eigenvalue weighted by atomic mass is 10.1. The first kappa shape index (κ1) is 10.2. The first-order valence-electron chi connectivity index (χ1n) is 5.25. The number of aryl methyl sites for hydroxylation is 1. The summed E-state index contributed by atoms with van der Waals surface area (Å²) in [5.41, 5.74) is 9.15. The minimum absolute atomic E-state index is 0.239. The van der Waals surface area contributed by atoms with Gasteiger partial charge in [0, 0.05) is 30.3 Å². The molecular formula is C12H16N2O. The Morgan fingerprint density at radius 2 is 2.20 bits per heavy atom. The molecule has 0 bridgehead atoms. The van der Waals surface area contributed by atoms with Crippen LogP contribution in [0.1, 0.15) is 17.5 Å². The van der Waals surface area contributed by atoms with E-state index in [1.165, 1.54) is 10.9 Å². The predicted molar refractivity (Wildman–Crippen MR) is 61.6 cm³/mol. The van der Waals surface area contributed by atoms with Crippen molar-refractivity contribution in [2.24, 2.45) is 5.73 Å². The summed E-state index contributed by atoms with van der Waals surface area (Å²) in [6, 6.07) is 6.22. The fourth-order valence-corrected chi connectivity index (χ4v) is 1.83. The van der Waals surface area contributed by atoms with Crippen LogP contribution in [0.15, 0.2) is 24.4 Å². The van der Waals surface area contributed by atoms with Crippen molar-refractivity contribution in [3.05, 3.63) is 35.5 Å². The summed E-state index contributed by atoms with van der Waals surface area (Å²) in [4.78, 5) is 3.23. The van der Waals surface area contributed by atoms with Crippen LogP contribution in [0.3, 0.4) is 0 Å². The molecule has 0 saturated carbocycles. The molecule has 0 atom stereocenters. The van der Waals surface area contributed by atoms with Crippen molar-refractivity contribution in [3.63, 3.8) is 0 Å². The first-order chi connectivity index (χ1) is 7.35. The second-order valence-electron chi connectivity index (χ2n) is 3.73. The minimum Gasteiger partial charge on any atom is -0.396 e. The summed E-state index contributed by atoms with van der Waals surface area (Å²) in [5.74, 6) is 0. The number of aromatic nitrogens is 1. The summed E-state index contributed by atoms with van der Waals surface area (Å²) in [6.45, 7) is 0.809. The average Bonchev–Trinajstić information content (AvgIpc) is 2.68. The Bertz CT molecular complexity index is 448. The molecule has 0 fully saturated rings. The van der Waals surface area contributed by atoms with Crippen LogP contribution >= 0.6 is 0 Å². The van der Waals surface area contributed by atoms with Crippen LogP contribution in [-0.4, -0.2) is 16.7 Å². The molecule has 1 aromatic heterocycles. The minimum atomic E-state index is 0.239. The fraction of sp³-hybridized carbons (Fsp3) is 0.333. The van der Waals surface area contributed by atoms with Crippen molar-refractivity contribution in [3.8, 4) is 0 Å². The fourth-order valence-electron chi connectivity index (χ4n) is 1.83. The quantitative estimate of drug-likeness (QED) is 0.707. The van der Waals surface area contributed by atoms with Crippen molar-refractivity contribution in [1.29, 1.82) is 0 Å². The van der Waals surface area contributed by atoms with Gasteiger partial charge < -0.3 is 15.8 Å². The summed E-state index contributed by atoms with van der Waals surface area (Å²) in [7, 11) is 0. The van der Waals surface area contributed by atoms with E-state index in [4.69, 9.17) is 10.8 Å². The third-order valence-electron chi connectivity index (χ3n) is 2.67. The highest BCUT2D eigenvalue weighted by Crippen LogP contribution is 2.20. The van der Waals surface area contributed by atoms with E-state index in [2.05, 4.69) is 17.1 Å². The topological polar surface area (TPSA) is 62.0 Å². The van der Waals surface area contributed by atoms with Gasteiger partial charge in [-0.25, -0.2) is 0 Å². The van der Waals surface area contributed by atoms with Crippen molar-refractivity contribution < 1.29 is 5.11 Å². The van der Waals surface area contributed by atoms with Crippen LogP contribution < -0.4 is 5.73 Å². The third-order valence-corrected chi connectivity index (χ3v) is 2.67. The van der Waals surface area contributed by atoms with Gasteiger partial charge in [-0.3, -0.25) is 0 Å². The number of H-pyrrole nitrogens is 1. The SMILES string of the molecule is NCc1ccc2[nH]cc(CCCO)c2c1. The zero-order chi connectivity index (χ0) is 10.7. The molecule has 80 valence electrons. The molecule has 3 heteroatoms. The van der Waals surface area contributed by atoms with Gasteiger partial charge in [-0.1, -0.05) is 6.07 Å². The molecule has 15 heavy (non-hydrogen) atoms. The van der Waals surface area contributed by atoms with Crippen molar-refractivity contribution in [2.75, 3.05) is 6.61 Å². The number of aromatic amines is 1. The Balaban J connectivity index is 2.38. The van der Waals surface area contributed by atoms with Crippen molar-refractivity contribution in [1.82, 2.24) is 4.98 Å². The van der Waals surface area contributed by atoms with Crippen LogP contribution in [0.5, 0.6) is 0 Å². The second-order valence-corrected chi connectivity index (χ2v) is 3.73. The second kappa shape index (κ2) is 4.47. The Hall–Kier alpha value is -1.32. The zero-order valence-electron chi connectivity index (χ0n) is 8.66. The lowest BCUT2D eigenvalue weighted by molar-refractivity contribution is 0.289. The predicted octanol–water partition coefficient (Wildman–Crippen LogP) is 1.55. The number of hydrogen-bond acceptors (Lipinski definition) is 2. The average molecular weight is 204 g/mol. The Kier molecular flexibility index (Phi) is 3.04. The van der Waals surface area contributed by atoms with Gasteiger partial charge in [-0.2, -0.15) is 0 Å². The highest BCUT2D eigenvalue weighted by Gasteiger charge is 2.03. The monoisotopic (exact) mass is 204 g/mol. The molecule has 0 aliphatic carbocycles. The lowest BCUT2D eigenvalue weighted by Crippen LogP contribution is -1.95. The van der Waals surface area contributed by atoms with E-state index < -0.39 is 0 Å². The number of fused-ring (bicyclic) bond motifs is 1. The van der Waals surface area contributed by atoms with Gasteiger partial charge in [-0.15, -0.1) is 0 Å². The molecule has 0 unspecified atom stereocenters. The Morgan fingerprint density at radius 1 is 1.33 bits per heavy atom. The Labute approximate surface area is 88.9 Å².